The van der Waals surface area contributed by atoms with E-state index in [1.165, 1.54) is 11.8 Å². The first-order chi connectivity index (χ1) is 12.2. The minimum absolute atomic E-state index is 0.174. The van der Waals surface area contributed by atoms with Crippen molar-refractivity contribution in [2.75, 3.05) is 11.1 Å². The van der Waals surface area contributed by atoms with E-state index in [0.29, 0.717) is 10.9 Å². The molecule has 2 aromatic carbocycles. The molecule has 0 radical (unpaired) electrons. The van der Waals surface area contributed by atoms with Crippen LogP contribution in [0.3, 0.4) is 0 Å². The summed E-state index contributed by atoms with van der Waals surface area (Å²) >= 11 is 1.48. The molecule has 7 heteroatoms. The van der Waals surface area contributed by atoms with E-state index in [2.05, 4.69) is 15.4 Å². The van der Waals surface area contributed by atoms with Crippen LogP contribution in [0.25, 0.3) is 11.3 Å². The summed E-state index contributed by atoms with van der Waals surface area (Å²) in [6, 6.07) is 14.6. The summed E-state index contributed by atoms with van der Waals surface area (Å²) < 4.78 is 1.70. The fourth-order valence-corrected chi connectivity index (χ4v) is 3.59. The second-order valence-electron chi connectivity index (χ2n) is 5.67. The molecule has 126 valence electrons. The second kappa shape index (κ2) is 6.25. The lowest BCUT2D eigenvalue weighted by molar-refractivity contribution is -0.759. The Hall–Kier alpha value is -2.80. The monoisotopic (exact) mass is 353 g/mol. The lowest BCUT2D eigenvalue weighted by Gasteiger charge is -2.22. The van der Waals surface area contributed by atoms with Crippen LogP contribution in [-0.4, -0.2) is 20.9 Å². The minimum Gasteiger partial charge on any atom is -0.508 e. The van der Waals surface area contributed by atoms with Crippen LogP contribution in [-0.2, 0) is 0 Å². The van der Waals surface area contributed by atoms with Gasteiger partial charge in [0.2, 0.25) is 5.16 Å². The molecule has 1 aliphatic rings. The quantitative estimate of drug-likeness (QED) is 0.498. The Morgan fingerprint density at radius 3 is 2.88 bits per heavy atom. The van der Waals surface area contributed by atoms with Crippen molar-refractivity contribution in [1.29, 1.82) is 0 Å². The first-order valence-corrected chi connectivity index (χ1v) is 8.99. The highest BCUT2D eigenvalue weighted by molar-refractivity contribution is 7.99. The zero-order chi connectivity index (χ0) is 17.4. The molecule has 1 aromatic heterocycles. The number of fused-ring (bicyclic) bond motifs is 3. The third-order valence-corrected chi connectivity index (χ3v) is 4.80. The van der Waals surface area contributed by atoms with Gasteiger partial charge in [-0.2, -0.15) is 0 Å². The number of anilines is 1. The van der Waals surface area contributed by atoms with Gasteiger partial charge in [-0.3, -0.25) is 9.78 Å². The molecule has 1 atom stereocenters. The number of phenolic OH excluding ortho intramolecular Hbond substituents is 1. The SMILES string of the molecule is CCSc1n[n+]2c(c(=O)[nH]1)-c1ccccc1N[C@@H]2c1cccc(O)c1. The number of nitrogens with zero attached hydrogens (tertiary/aromatic N) is 2. The maximum absolute atomic E-state index is 12.8. The van der Waals surface area contributed by atoms with Crippen molar-refractivity contribution in [3.63, 3.8) is 0 Å². The van der Waals surface area contributed by atoms with E-state index in [4.69, 9.17) is 0 Å². The van der Waals surface area contributed by atoms with Crippen LogP contribution in [0.15, 0.2) is 58.5 Å². The van der Waals surface area contributed by atoms with Crippen LogP contribution in [0.5, 0.6) is 5.75 Å². The molecule has 6 nitrogen and oxygen atoms in total. The molecule has 1 aliphatic heterocycles. The van der Waals surface area contributed by atoms with Crippen LogP contribution in [0, 0.1) is 0 Å². The predicted molar refractivity (Wildman–Crippen MR) is 96.8 cm³/mol. The number of aromatic amines is 1. The Balaban J connectivity index is 1.97. The molecule has 0 saturated carbocycles. The zero-order valence-electron chi connectivity index (χ0n) is 13.6. The van der Waals surface area contributed by atoms with Gasteiger partial charge in [-0.15, -0.1) is 0 Å². The number of phenols is 1. The normalized spacial score (nSPS) is 15.2. The van der Waals surface area contributed by atoms with E-state index in [1.54, 1.807) is 22.9 Å². The Kier molecular flexibility index (Phi) is 3.93. The van der Waals surface area contributed by atoms with Gasteiger partial charge in [0, 0.05) is 10.7 Å². The average Bonchev–Trinajstić information content (AvgIpc) is 2.61. The van der Waals surface area contributed by atoms with E-state index in [-0.39, 0.29) is 17.5 Å². The van der Waals surface area contributed by atoms with Gasteiger partial charge in [-0.05, 0) is 40.8 Å². The highest BCUT2D eigenvalue weighted by Crippen LogP contribution is 2.32. The molecule has 0 unspecified atom stereocenters. The smallest absolute Gasteiger partial charge is 0.325 e. The summed E-state index contributed by atoms with van der Waals surface area (Å²) in [6.45, 7) is 2.01. The standard InChI is InChI=1S/C18H16N4O2S/c1-2-25-18-20-17(24)15-13-8-3-4-9-14(13)19-16(22(15)21-18)11-6-5-7-12(23)10-11/h3-10,16H,2H2,1H3,(H2,20,21,23,24)/p+1/t16-/m0/s1. The van der Waals surface area contributed by atoms with Gasteiger partial charge in [-0.25, -0.2) is 0 Å². The van der Waals surface area contributed by atoms with Crippen molar-refractivity contribution in [2.24, 2.45) is 0 Å². The number of rotatable bonds is 3. The van der Waals surface area contributed by atoms with Gasteiger partial charge < -0.3 is 10.4 Å². The number of H-pyrrole nitrogens is 1. The number of benzene rings is 2. The minimum atomic E-state index is -0.379. The van der Waals surface area contributed by atoms with Crippen molar-refractivity contribution in [2.45, 2.75) is 18.2 Å². The van der Waals surface area contributed by atoms with Crippen molar-refractivity contribution in [1.82, 2.24) is 10.1 Å². The zero-order valence-corrected chi connectivity index (χ0v) is 14.4. The highest BCUT2D eigenvalue weighted by atomic mass is 32.2. The average molecular weight is 353 g/mol. The number of para-hydroxylation sites is 1. The van der Waals surface area contributed by atoms with E-state index >= 15 is 0 Å². The first-order valence-electron chi connectivity index (χ1n) is 8.01. The maximum Gasteiger partial charge on any atom is 0.325 e. The number of thioether (sulfide) groups is 1. The van der Waals surface area contributed by atoms with Gasteiger partial charge >= 0.3 is 11.3 Å². The predicted octanol–water partition coefficient (Wildman–Crippen LogP) is 2.51. The van der Waals surface area contributed by atoms with Crippen LogP contribution in [0.2, 0.25) is 0 Å². The number of hydrogen-bond acceptors (Lipinski definition) is 5. The van der Waals surface area contributed by atoms with E-state index in [0.717, 1.165) is 22.6 Å². The summed E-state index contributed by atoms with van der Waals surface area (Å²) in [7, 11) is 0. The Labute approximate surface area is 148 Å². The van der Waals surface area contributed by atoms with Gasteiger partial charge in [0.15, 0.2) is 0 Å². The molecule has 3 N–H and O–H groups in total. The number of aromatic nitrogens is 3. The lowest BCUT2D eigenvalue weighted by atomic mass is 10.0. The molecule has 0 bridgehead atoms. The van der Waals surface area contributed by atoms with Crippen molar-refractivity contribution < 1.29 is 9.79 Å². The Morgan fingerprint density at radius 1 is 1.24 bits per heavy atom. The molecular formula is C18H17N4O2S+. The van der Waals surface area contributed by atoms with Crippen molar-refractivity contribution in [3.8, 4) is 17.0 Å². The van der Waals surface area contributed by atoms with E-state index < -0.39 is 0 Å². The summed E-state index contributed by atoms with van der Waals surface area (Å²) in [5.41, 5.74) is 2.82. The van der Waals surface area contributed by atoms with E-state index in [9.17, 15) is 9.90 Å². The lowest BCUT2D eigenvalue weighted by Crippen LogP contribution is -2.55. The summed E-state index contributed by atoms with van der Waals surface area (Å²) in [6.07, 6.45) is -0.379. The highest BCUT2D eigenvalue weighted by Gasteiger charge is 2.37. The molecule has 0 aliphatic carbocycles. The summed E-state index contributed by atoms with van der Waals surface area (Å²) in [5, 5.41) is 18.5. The summed E-state index contributed by atoms with van der Waals surface area (Å²) in [4.78, 5) is 15.6. The van der Waals surface area contributed by atoms with Gasteiger partial charge in [0.05, 0.1) is 11.3 Å². The number of hydrogen-bond donors (Lipinski definition) is 3. The Morgan fingerprint density at radius 2 is 2.08 bits per heavy atom. The van der Waals surface area contributed by atoms with Crippen LogP contribution in [0.4, 0.5) is 5.69 Å². The molecule has 0 amide bonds. The molecule has 0 saturated heterocycles. The van der Waals surface area contributed by atoms with Gasteiger partial charge in [0.25, 0.3) is 6.17 Å². The molecule has 25 heavy (non-hydrogen) atoms. The summed E-state index contributed by atoms with van der Waals surface area (Å²) in [5.74, 6) is 0.983. The van der Waals surface area contributed by atoms with Gasteiger partial charge in [0.1, 0.15) is 5.75 Å². The maximum atomic E-state index is 12.8. The van der Waals surface area contributed by atoms with Gasteiger partial charge in [-0.1, -0.05) is 36.9 Å². The van der Waals surface area contributed by atoms with Crippen LogP contribution in [0.1, 0.15) is 18.7 Å². The number of aromatic hydroxyl groups is 1. The fraction of sp³-hybridized carbons (Fsp3) is 0.167. The number of nitrogens with one attached hydrogen (secondary N) is 2. The van der Waals surface area contributed by atoms with Crippen LogP contribution < -0.4 is 15.6 Å². The third kappa shape index (κ3) is 2.76. The third-order valence-electron chi connectivity index (χ3n) is 4.05. The molecule has 0 fully saturated rings. The molecular weight excluding hydrogens is 336 g/mol. The molecule has 4 rings (SSSR count). The second-order valence-corrected chi connectivity index (χ2v) is 6.93. The topological polar surface area (TPSA) is 81.9 Å². The fourth-order valence-electron chi connectivity index (χ4n) is 3.01. The first kappa shape index (κ1) is 15.7. The Bertz CT molecular complexity index is 1000. The molecule has 0 spiro atoms. The van der Waals surface area contributed by atoms with E-state index in [1.807, 2.05) is 37.3 Å². The van der Waals surface area contributed by atoms with Crippen LogP contribution >= 0.6 is 11.8 Å². The molecule has 3 aromatic rings. The largest absolute Gasteiger partial charge is 0.508 e. The molecule has 2 heterocycles. The van der Waals surface area contributed by atoms with Crippen molar-refractivity contribution in [3.05, 3.63) is 64.4 Å². The van der Waals surface area contributed by atoms with Crippen molar-refractivity contribution >= 4 is 17.4 Å².